The van der Waals surface area contributed by atoms with Crippen LogP contribution in [0.5, 0.6) is 0 Å². The van der Waals surface area contributed by atoms with E-state index in [9.17, 15) is 19.5 Å². The predicted molar refractivity (Wildman–Crippen MR) is 119 cm³/mol. The molecule has 162 valence electrons. The summed E-state index contributed by atoms with van der Waals surface area (Å²) in [7, 11) is 0. The van der Waals surface area contributed by atoms with Crippen molar-refractivity contribution < 1.29 is 23.9 Å². The first kappa shape index (κ1) is 21.3. The Balaban J connectivity index is 1.50. The highest BCUT2D eigenvalue weighted by molar-refractivity contribution is 6.25. The number of aliphatic hydroxyl groups is 1. The zero-order valence-electron chi connectivity index (χ0n) is 17.7. The van der Waals surface area contributed by atoms with E-state index in [1.165, 1.54) is 0 Å². The van der Waals surface area contributed by atoms with Crippen molar-refractivity contribution in [1.29, 1.82) is 0 Å². The number of ketones is 1. The largest absolute Gasteiger partial charge is 0.511 e. The lowest BCUT2D eigenvalue weighted by molar-refractivity contribution is -0.131. The van der Waals surface area contributed by atoms with Crippen LogP contribution in [0.3, 0.4) is 0 Å². The van der Waals surface area contributed by atoms with Crippen LogP contribution >= 0.6 is 0 Å². The molecule has 0 radical (unpaired) electrons. The molecule has 3 aromatic rings. The lowest BCUT2D eigenvalue weighted by Crippen LogP contribution is -2.45. The highest BCUT2D eigenvalue weighted by atomic mass is 16.3. The minimum atomic E-state index is -0.757. The van der Waals surface area contributed by atoms with Crippen molar-refractivity contribution in [1.82, 2.24) is 4.90 Å². The van der Waals surface area contributed by atoms with Gasteiger partial charge in [0, 0.05) is 36.9 Å². The molecule has 1 saturated heterocycles. The number of benzene rings is 2. The van der Waals surface area contributed by atoms with E-state index in [0.717, 1.165) is 21.8 Å². The highest BCUT2D eigenvalue weighted by Gasteiger charge is 2.36. The summed E-state index contributed by atoms with van der Waals surface area (Å²) in [4.78, 5) is 39.0. The van der Waals surface area contributed by atoms with Crippen LogP contribution in [0.1, 0.15) is 34.5 Å². The number of furan rings is 1. The molecule has 0 atom stereocenters. The molecule has 1 aliphatic rings. The van der Waals surface area contributed by atoms with Gasteiger partial charge in [0.2, 0.25) is 0 Å². The molecule has 1 N–H and O–H groups in total. The van der Waals surface area contributed by atoms with Gasteiger partial charge in [-0.05, 0) is 36.8 Å². The zero-order valence-corrected chi connectivity index (χ0v) is 17.7. The number of aryl methyl sites for hydroxylation is 2. The molecule has 6 nitrogen and oxygen atoms in total. The molecule has 1 aromatic heterocycles. The quantitative estimate of drug-likeness (QED) is 0.276. The molecule has 0 aliphatic carbocycles. The molecule has 2 aromatic carbocycles. The average molecular weight is 429 g/mol. The summed E-state index contributed by atoms with van der Waals surface area (Å²) in [5.74, 6) is -0.669. The fraction of sp³-hybridized carbons (Fsp3) is 0.192. The van der Waals surface area contributed by atoms with E-state index < -0.39 is 17.6 Å². The molecule has 0 spiro atoms. The van der Waals surface area contributed by atoms with E-state index in [-0.39, 0.29) is 30.7 Å². The molecule has 0 bridgehead atoms. The molecule has 6 heteroatoms. The minimum Gasteiger partial charge on any atom is -0.511 e. The van der Waals surface area contributed by atoms with Gasteiger partial charge in [0.15, 0.2) is 5.78 Å². The molecule has 2 heterocycles. The van der Waals surface area contributed by atoms with Gasteiger partial charge in [0.1, 0.15) is 22.9 Å². The number of aliphatic hydroxyl groups excluding tert-OH is 1. The fourth-order valence-electron chi connectivity index (χ4n) is 3.78. The summed E-state index contributed by atoms with van der Waals surface area (Å²) in [5.41, 5.74) is 2.11. The smallest absolute Gasteiger partial charge is 0.267 e. The second-order valence-corrected chi connectivity index (χ2v) is 7.70. The number of carbonyl (C=O) groups is 3. The van der Waals surface area contributed by atoms with E-state index in [2.05, 4.69) is 0 Å². The first-order valence-corrected chi connectivity index (χ1v) is 10.5. The molecular weight excluding hydrogens is 406 g/mol. The van der Waals surface area contributed by atoms with Crippen molar-refractivity contribution in [2.45, 2.75) is 26.2 Å². The summed E-state index contributed by atoms with van der Waals surface area (Å²) < 4.78 is 5.89. The number of piperidine rings is 1. The van der Waals surface area contributed by atoms with Crippen LogP contribution in [0.2, 0.25) is 0 Å². The Hall–Kier alpha value is -3.93. The number of carbonyl (C=O) groups excluding carboxylic acids is 3. The Labute approximate surface area is 185 Å². The van der Waals surface area contributed by atoms with Gasteiger partial charge in [0.25, 0.3) is 11.8 Å². The van der Waals surface area contributed by atoms with E-state index in [4.69, 9.17) is 4.42 Å². The summed E-state index contributed by atoms with van der Waals surface area (Å²) in [6.45, 7) is 2.00. The van der Waals surface area contributed by atoms with Gasteiger partial charge in [-0.3, -0.25) is 19.3 Å². The third-order valence-corrected chi connectivity index (χ3v) is 5.54. The Morgan fingerprint density at radius 2 is 1.72 bits per heavy atom. The monoisotopic (exact) mass is 429 g/mol. The van der Waals surface area contributed by atoms with Crippen molar-refractivity contribution in [2.75, 3.05) is 6.54 Å². The fourth-order valence-corrected chi connectivity index (χ4v) is 3.78. The average Bonchev–Trinajstić information content (AvgIpc) is 3.27. The third kappa shape index (κ3) is 4.25. The Morgan fingerprint density at radius 3 is 2.47 bits per heavy atom. The second kappa shape index (κ2) is 9.06. The molecule has 4 rings (SSSR count). The SMILES string of the molecule is Cc1ccccc1-c1ccc(CC/C(O)=C2\C(=O)CCN(C(=O)c3ccccc3)C2=O)o1. The van der Waals surface area contributed by atoms with Crippen LogP contribution < -0.4 is 0 Å². The standard InChI is InChI=1S/C26H23NO5/c1-17-7-5-6-10-20(17)23-14-12-19(32-23)11-13-21(28)24-22(29)15-16-27(26(24)31)25(30)18-8-3-2-4-9-18/h2-10,12,14,28H,11,13,15-16H2,1H3/b24-21-. The first-order valence-electron chi connectivity index (χ1n) is 10.5. The van der Waals surface area contributed by atoms with Crippen LogP contribution in [-0.2, 0) is 16.0 Å². The van der Waals surface area contributed by atoms with E-state index in [1.807, 2.05) is 43.3 Å². The van der Waals surface area contributed by atoms with Gasteiger partial charge in [-0.1, -0.05) is 42.5 Å². The van der Waals surface area contributed by atoms with Gasteiger partial charge in [-0.15, -0.1) is 0 Å². The highest BCUT2D eigenvalue weighted by Crippen LogP contribution is 2.27. The van der Waals surface area contributed by atoms with E-state index in [0.29, 0.717) is 17.7 Å². The second-order valence-electron chi connectivity index (χ2n) is 7.70. The van der Waals surface area contributed by atoms with Crippen molar-refractivity contribution >= 4 is 17.6 Å². The van der Waals surface area contributed by atoms with Crippen molar-refractivity contribution in [3.8, 4) is 11.3 Å². The summed E-state index contributed by atoms with van der Waals surface area (Å²) in [6.07, 6.45) is 0.358. The third-order valence-electron chi connectivity index (χ3n) is 5.54. The molecule has 1 aliphatic heterocycles. The topological polar surface area (TPSA) is 87.8 Å². The van der Waals surface area contributed by atoms with Gasteiger partial charge in [-0.2, -0.15) is 0 Å². The van der Waals surface area contributed by atoms with Crippen molar-refractivity contribution in [3.05, 3.63) is 94.9 Å². The van der Waals surface area contributed by atoms with Crippen LogP contribution in [0.4, 0.5) is 0 Å². The van der Waals surface area contributed by atoms with E-state index >= 15 is 0 Å². The molecule has 1 fully saturated rings. The molecule has 0 saturated carbocycles. The van der Waals surface area contributed by atoms with Gasteiger partial charge < -0.3 is 9.52 Å². The molecule has 2 amide bonds. The lowest BCUT2D eigenvalue weighted by Gasteiger charge is -2.26. The number of allylic oxidation sites excluding steroid dienone is 1. The molecule has 0 unspecified atom stereocenters. The number of amides is 2. The maximum absolute atomic E-state index is 12.9. The number of likely N-dealkylation sites (tertiary alicyclic amines) is 1. The number of imide groups is 1. The Bertz CT molecular complexity index is 1210. The van der Waals surface area contributed by atoms with Crippen LogP contribution in [0, 0.1) is 6.92 Å². The normalized spacial score (nSPS) is 15.7. The number of hydrogen-bond acceptors (Lipinski definition) is 5. The maximum atomic E-state index is 12.9. The predicted octanol–water partition coefficient (Wildman–Crippen LogP) is 4.64. The zero-order chi connectivity index (χ0) is 22.7. The summed E-state index contributed by atoms with van der Waals surface area (Å²) in [5, 5.41) is 10.6. The lowest BCUT2D eigenvalue weighted by atomic mass is 9.98. The number of nitrogens with zero attached hydrogens (tertiary/aromatic N) is 1. The van der Waals surface area contributed by atoms with Gasteiger partial charge >= 0.3 is 0 Å². The first-order chi connectivity index (χ1) is 15.5. The van der Waals surface area contributed by atoms with Gasteiger partial charge in [0.05, 0.1) is 0 Å². The maximum Gasteiger partial charge on any atom is 0.267 e. The Morgan fingerprint density at radius 1 is 1.00 bits per heavy atom. The minimum absolute atomic E-state index is 0.000144. The molecular formula is C26H23NO5. The van der Waals surface area contributed by atoms with Crippen LogP contribution in [-0.4, -0.2) is 34.1 Å². The molecule has 32 heavy (non-hydrogen) atoms. The van der Waals surface area contributed by atoms with Crippen LogP contribution in [0.15, 0.2) is 82.5 Å². The number of rotatable bonds is 5. The summed E-state index contributed by atoms with van der Waals surface area (Å²) in [6, 6.07) is 19.9. The number of Topliss-reactive ketones (excluding diaryl/α,β-unsaturated/α-hetero) is 1. The van der Waals surface area contributed by atoms with Crippen molar-refractivity contribution in [2.24, 2.45) is 0 Å². The van der Waals surface area contributed by atoms with Crippen LogP contribution in [0.25, 0.3) is 11.3 Å². The van der Waals surface area contributed by atoms with Crippen molar-refractivity contribution in [3.63, 3.8) is 0 Å². The number of hydrogen-bond donors (Lipinski definition) is 1. The Kier molecular flexibility index (Phi) is 6.03. The summed E-state index contributed by atoms with van der Waals surface area (Å²) >= 11 is 0. The van der Waals surface area contributed by atoms with Gasteiger partial charge in [-0.25, -0.2) is 0 Å². The van der Waals surface area contributed by atoms with E-state index in [1.54, 1.807) is 30.3 Å².